The summed E-state index contributed by atoms with van der Waals surface area (Å²) in [7, 11) is 3.32. The normalized spacial score (nSPS) is 12.4. The first-order valence-electron chi connectivity index (χ1n) is 9.38. The summed E-state index contributed by atoms with van der Waals surface area (Å²) in [5.74, 6) is 3.14. The average Bonchev–Trinajstić information content (AvgIpc) is 2.70. The third-order valence-corrected chi connectivity index (χ3v) is 4.63. The van der Waals surface area contributed by atoms with Gasteiger partial charge in [0.2, 0.25) is 0 Å². The standard InChI is InChI=1S/C22H27NO4.ClH/c1-5-26-20-11-10-16-17(22(20)27-6-2)12-13-23-18(16)14-15-8-7-9-19(24-3)21(15)25-4;/h7-11H,5-6,12-14H2,1-4H3;1H. The Bertz CT molecular complexity index is 836. The van der Waals surface area contributed by atoms with Crippen LogP contribution in [0.1, 0.15) is 30.5 Å². The molecule has 5 nitrogen and oxygen atoms in total. The number of hydrogen-bond donors (Lipinski definition) is 0. The summed E-state index contributed by atoms with van der Waals surface area (Å²) in [4.78, 5) is 4.80. The van der Waals surface area contributed by atoms with Crippen LogP contribution in [0.4, 0.5) is 0 Å². The number of nitrogens with zero attached hydrogens (tertiary/aromatic N) is 1. The van der Waals surface area contributed by atoms with Gasteiger partial charge in [0.05, 0.1) is 27.4 Å². The first-order chi connectivity index (χ1) is 13.2. The van der Waals surface area contributed by atoms with Gasteiger partial charge in [-0.3, -0.25) is 4.99 Å². The zero-order chi connectivity index (χ0) is 19.2. The third kappa shape index (κ3) is 4.36. The molecule has 0 saturated heterocycles. The molecule has 152 valence electrons. The number of aliphatic imine (C=N–C) groups is 1. The van der Waals surface area contributed by atoms with E-state index in [9.17, 15) is 0 Å². The van der Waals surface area contributed by atoms with Crippen LogP contribution in [0.2, 0.25) is 0 Å². The lowest BCUT2D eigenvalue weighted by molar-refractivity contribution is 0.285. The van der Waals surface area contributed by atoms with Crippen molar-refractivity contribution in [3.63, 3.8) is 0 Å². The Morgan fingerprint density at radius 1 is 0.893 bits per heavy atom. The summed E-state index contributed by atoms with van der Waals surface area (Å²) in [6.45, 7) is 5.93. The molecule has 0 aromatic heterocycles. The van der Waals surface area contributed by atoms with Crippen LogP contribution in [0, 0.1) is 0 Å². The molecule has 0 radical (unpaired) electrons. The number of ether oxygens (including phenoxy) is 4. The molecule has 0 bridgehead atoms. The van der Waals surface area contributed by atoms with Crippen LogP contribution >= 0.6 is 12.4 Å². The topological polar surface area (TPSA) is 49.3 Å². The fourth-order valence-electron chi connectivity index (χ4n) is 3.51. The lowest BCUT2D eigenvalue weighted by Crippen LogP contribution is -2.17. The van der Waals surface area contributed by atoms with Crippen molar-refractivity contribution < 1.29 is 18.9 Å². The van der Waals surface area contributed by atoms with Gasteiger partial charge in [-0.15, -0.1) is 12.4 Å². The van der Waals surface area contributed by atoms with Crippen molar-refractivity contribution in [1.29, 1.82) is 0 Å². The minimum absolute atomic E-state index is 0. The van der Waals surface area contributed by atoms with Gasteiger partial charge in [0.1, 0.15) is 0 Å². The molecular weight excluding hydrogens is 378 g/mol. The molecule has 6 heteroatoms. The van der Waals surface area contributed by atoms with Crippen LogP contribution in [0.25, 0.3) is 0 Å². The van der Waals surface area contributed by atoms with Crippen LogP contribution in [-0.4, -0.2) is 39.7 Å². The van der Waals surface area contributed by atoms with E-state index in [-0.39, 0.29) is 12.4 Å². The van der Waals surface area contributed by atoms with Gasteiger partial charge in [0, 0.05) is 35.4 Å². The highest BCUT2D eigenvalue weighted by Crippen LogP contribution is 2.38. The van der Waals surface area contributed by atoms with E-state index in [4.69, 9.17) is 23.9 Å². The van der Waals surface area contributed by atoms with Crippen LogP contribution < -0.4 is 18.9 Å². The Morgan fingerprint density at radius 3 is 2.36 bits per heavy atom. The van der Waals surface area contributed by atoms with Crippen molar-refractivity contribution >= 4 is 18.1 Å². The minimum atomic E-state index is 0. The van der Waals surface area contributed by atoms with E-state index >= 15 is 0 Å². The molecule has 3 rings (SSSR count). The Morgan fingerprint density at radius 2 is 1.68 bits per heavy atom. The quantitative estimate of drug-likeness (QED) is 0.648. The number of para-hydroxylation sites is 1. The van der Waals surface area contributed by atoms with E-state index in [1.807, 2.05) is 32.0 Å². The molecule has 28 heavy (non-hydrogen) atoms. The summed E-state index contributed by atoms with van der Waals surface area (Å²) in [5.41, 5.74) is 4.38. The maximum Gasteiger partial charge on any atom is 0.165 e. The number of hydrogen-bond acceptors (Lipinski definition) is 5. The molecule has 2 aromatic carbocycles. The van der Waals surface area contributed by atoms with Gasteiger partial charge in [-0.1, -0.05) is 12.1 Å². The Labute approximate surface area is 173 Å². The second kappa shape index (κ2) is 10.2. The highest BCUT2D eigenvalue weighted by atomic mass is 35.5. The zero-order valence-electron chi connectivity index (χ0n) is 16.9. The minimum Gasteiger partial charge on any atom is -0.493 e. The van der Waals surface area contributed by atoms with E-state index in [1.54, 1.807) is 14.2 Å². The molecule has 0 fully saturated rings. The first-order valence-corrected chi connectivity index (χ1v) is 9.38. The van der Waals surface area contributed by atoms with Crippen molar-refractivity contribution in [2.75, 3.05) is 34.0 Å². The highest BCUT2D eigenvalue weighted by Gasteiger charge is 2.23. The predicted molar refractivity (Wildman–Crippen MR) is 114 cm³/mol. The van der Waals surface area contributed by atoms with Crippen LogP contribution in [0.15, 0.2) is 35.3 Å². The van der Waals surface area contributed by atoms with E-state index in [0.717, 1.165) is 52.8 Å². The number of methoxy groups -OCH3 is 2. The van der Waals surface area contributed by atoms with Gasteiger partial charge < -0.3 is 18.9 Å². The van der Waals surface area contributed by atoms with Gasteiger partial charge in [-0.05, 0) is 38.5 Å². The van der Waals surface area contributed by atoms with Crippen molar-refractivity contribution in [2.45, 2.75) is 26.7 Å². The fourth-order valence-corrected chi connectivity index (χ4v) is 3.51. The molecule has 1 aliphatic heterocycles. The predicted octanol–water partition coefficient (Wildman–Crippen LogP) is 4.51. The van der Waals surface area contributed by atoms with E-state index < -0.39 is 0 Å². The molecule has 0 amide bonds. The molecule has 0 spiro atoms. The second-order valence-corrected chi connectivity index (χ2v) is 6.19. The van der Waals surface area contributed by atoms with Crippen molar-refractivity contribution in [3.8, 4) is 23.0 Å². The average molecular weight is 406 g/mol. The molecule has 0 aliphatic carbocycles. The van der Waals surface area contributed by atoms with Crippen LogP contribution in [0.3, 0.4) is 0 Å². The van der Waals surface area contributed by atoms with Crippen molar-refractivity contribution in [2.24, 2.45) is 4.99 Å². The number of rotatable bonds is 8. The lowest BCUT2D eigenvalue weighted by Gasteiger charge is -2.23. The van der Waals surface area contributed by atoms with E-state index in [2.05, 4.69) is 12.1 Å². The fraction of sp³-hybridized carbons (Fsp3) is 0.409. The molecular formula is C22H28ClNO4. The number of fused-ring (bicyclic) bond motifs is 1. The summed E-state index contributed by atoms with van der Waals surface area (Å²) in [6.07, 6.45) is 1.53. The highest BCUT2D eigenvalue weighted by molar-refractivity contribution is 6.05. The van der Waals surface area contributed by atoms with Gasteiger partial charge >= 0.3 is 0 Å². The second-order valence-electron chi connectivity index (χ2n) is 6.19. The summed E-state index contributed by atoms with van der Waals surface area (Å²) < 4.78 is 22.7. The monoisotopic (exact) mass is 405 g/mol. The van der Waals surface area contributed by atoms with Crippen LogP contribution in [-0.2, 0) is 12.8 Å². The molecule has 0 atom stereocenters. The third-order valence-electron chi connectivity index (χ3n) is 4.63. The van der Waals surface area contributed by atoms with Gasteiger partial charge in [0.25, 0.3) is 0 Å². The van der Waals surface area contributed by atoms with Gasteiger partial charge in [0.15, 0.2) is 23.0 Å². The van der Waals surface area contributed by atoms with E-state index in [0.29, 0.717) is 19.6 Å². The maximum absolute atomic E-state index is 5.94. The summed E-state index contributed by atoms with van der Waals surface area (Å²) >= 11 is 0. The lowest BCUT2D eigenvalue weighted by atomic mass is 9.92. The molecule has 0 saturated carbocycles. The van der Waals surface area contributed by atoms with E-state index in [1.165, 1.54) is 5.56 Å². The zero-order valence-corrected chi connectivity index (χ0v) is 17.7. The first kappa shape index (κ1) is 21.9. The molecule has 1 heterocycles. The summed E-state index contributed by atoms with van der Waals surface area (Å²) in [6, 6.07) is 10.0. The van der Waals surface area contributed by atoms with Crippen molar-refractivity contribution in [1.82, 2.24) is 0 Å². The van der Waals surface area contributed by atoms with Crippen LogP contribution in [0.5, 0.6) is 23.0 Å². The molecule has 1 aliphatic rings. The Hall–Kier alpha value is -2.40. The maximum atomic E-state index is 5.94. The van der Waals surface area contributed by atoms with Gasteiger partial charge in [-0.25, -0.2) is 0 Å². The van der Waals surface area contributed by atoms with Crippen molar-refractivity contribution in [3.05, 3.63) is 47.0 Å². The number of benzene rings is 2. The smallest absolute Gasteiger partial charge is 0.165 e. The Balaban J connectivity index is 0.00000280. The Kier molecular flexibility index (Phi) is 8.00. The summed E-state index contributed by atoms with van der Waals surface area (Å²) in [5, 5.41) is 0. The molecule has 0 unspecified atom stereocenters. The molecule has 0 N–H and O–H groups in total. The molecule has 2 aromatic rings. The number of halogens is 1. The van der Waals surface area contributed by atoms with Gasteiger partial charge in [-0.2, -0.15) is 0 Å². The largest absolute Gasteiger partial charge is 0.493 e. The SMILES string of the molecule is CCOc1ccc2c(c1OCC)CCN=C2Cc1cccc(OC)c1OC.Cl.